The molecule has 90 valence electrons. The highest BCUT2D eigenvalue weighted by Crippen LogP contribution is 2.14. The van der Waals surface area contributed by atoms with E-state index in [1.165, 1.54) is 16.8 Å². The van der Waals surface area contributed by atoms with Crippen LogP contribution in [0.25, 0.3) is 0 Å². The first kappa shape index (κ1) is 11.9. The maximum atomic E-state index is 3.42. The molecule has 0 aliphatic rings. The van der Waals surface area contributed by atoms with Crippen LogP contribution in [0.4, 0.5) is 0 Å². The molecule has 0 bridgehead atoms. The monoisotopic (exact) mass is 228 g/mol. The van der Waals surface area contributed by atoms with E-state index in [1.807, 2.05) is 12.3 Å². The molecule has 0 atom stereocenters. The molecule has 1 aromatic heterocycles. The topological polar surface area (TPSA) is 27.8 Å². The Bertz CT molecular complexity index is 426. The third kappa shape index (κ3) is 3.46. The van der Waals surface area contributed by atoms with Gasteiger partial charge in [0.2, 0.25) is 0 Å². The van der Waals surface area contributed by atoms with Crippen LogP contribution in [0.15, 0.2) is 42.6 Å². The summed E-state index contributed by atoms with van der Waals surface area (Å²) in [5.74, 6) is 0.607. The van der Waals surface area contributed by atoms with Crippen LogP contribution in [0, 0.1) is 0 Å². The lowest BCUT2D eigenvalue weighted by atomic mass is 10.0. The van der Waals surface area contributed by atoms with E-state index in [-0.39, 0.29) is 0 Å². The molecule has 0 spiro atoms. The second-order valence-corrected chi connectivity index (χ2v) is 4.70. The molecule has 0 saturated heterocycles. The van der Waals surface area contributed by atoms with Crippen molar-refractivity contribution in [3.05, 3.63) is 59.4 Å². The number of aromatic nitrogens is 1. The molecular formula is C15H20N2. The summed E-state index contributed by atoms with van der Waals surface area (Å²) < 4.78 is 0. The molecule has 2 N–H and O–H groups in total. The minimum atomic E-state index is 0.607. The predicted octanol–water partition coefficient (Wildman–Crippen LogP) is 3.43. The number of H-pyrrole nitrogens is 1. The molecule has 0 amide bonds. The van der Waals surface area contributed by atoms with Crippen molar-refractivity contribution in [3.63, 3.8) is 0 Å². The van der Waals surface area contributed by atoms with Crippen LogP contribution in [0.2, 0.25) is 0 Å². The van der Waals surface area contributed by atoms with Crippen LogP contribution in [0.1, 0.15) is 36.6 Å². The minimum absolute atomic E-state index is 0.607. The largest absolute Gasteiger partial charge is 0.364 e. The summed E-state index contributed by atoms with van der Waals surface area (Å²) in [7, 11) is 0. The van der Waals surface area contributed by atoms with E-state index in [9.17, 15) is 0 Å². The third-order valence-electron chi connectivity index (χ3n) is 2.95. The molecule has 0 fully saturated rings. The van der Waals surface area contributed by atoms with Gasteiger partial charge >= 0.3 is 0 Å². The number of nitrogens with one attached hydrogen (secondary N) is 2. The van der Waals surface area contributed by atoms with Crippen molar-refractivity contribution >= 4 is 0 Å². The Morgan fingerprint density at radius 2 is 1.82 bits per heavy atom. The predicted molar refractivity (Wildman–Crippen MR) is 71.9 cm³/mol. The summed E-state index contributed by atoms with van der Waals surface area (Å²) in [5.41, 5.74) is 3.96. The first-order valence-corrected chi connectivity index (χ1v) is 6.17. The Labute approximate surface area is 103 Å². The number of hydrogen-bond donors (Lipinski definition) is 2. The van der Waals surface area contributed by atoms with Crippen LogP contribution in [0.3, 0.4) is 0 Å². The second kappa shape index (κ2) is 5.69. The summed E-state index contributed by atoms with van der Waals surface area (Å²) in [5, 5.41) is 3.42. The smallest absolute Gasteiger partial charge is 0.0360 e. The fraction of sp³-hybridized carbons (Fsp3) is 0.333. The summed E-state index contributed by atoms with van der Waals surface area (Å²) in [6.45, 7) is 6.24. The van der Waals surface area contributed by atoms with E-state index in [4.69, 9.17) is 0 Å². The highest BCUT2D eigenvalue weighted by atomic mass is 14.9. The van der Waals surface area contributed by atoms with Crippen molar-refractivity contribution in [2.45, 2.75) is 32.9 Å². The molecule has 1 aromatic carbocycles. The van der Waals surface area contributed by atoms with Crippen LogP contribution in [-0.2, 0) is 13.1 Å². The van der Waals surface area contributed by atoms with E-state index in [1.54, 1.807) is 0 Å². The van der Waals surface area contributed by atoms with Gasteiger partial charge in [0.05, 0.1) is 0 Å². The van der Waals surface area contributed by atoms with Crippen molar-refractivity contribution in [2.24, 2.45) is 0 Å². The molecule has 2 nitrogen and oxygen atoms in total. The van der Waals surface area contributed by atoms with Crippen LogP contribution >= 0.6 is 0 Å². The SMILES string of the molecule is CC(C)c1ccc(CNCc2ccc[nH]2)cc1. The van der Waals surface area contributed by atoms with E-state index in [2.05, 4.69) is 54.5 Å². The summed E-state index contributed by atoms with van der Waals surface area (Å²) in [4.78, 5) is 3.18. The average Bonchev–Trinajstić information content (AvgIpc) is 2.83. The number of hydrogen-bond acceptors (Lipinski definition) is 1. The zero-order chi connectivity index (χ0) is 12.1. The van der Waals surface area contributed by atoms with Crippen molar-refractivity contribution in [1.82, 2.24) is 10.3 Å². The van der Waals surface area contributed by atoms with Crippen molar-refractivity contribution in [3.8, 4) is 0 Å². The normalized spacial score (nSPS) is 11.0. The zero-order valence-electron chi connectivity index (χ0n) is 10.5. The summed E-state index contributed by atoms with van der Waals surface area (Å²) in [6.07, 6.45) is 1.95. The highest BCUT2D eigenvalue weighted by molar-refractivity contribution is 5.24. The molecule has 2 aromatic rings. The molecule has 17 heavy (non-hydrogen) atoms. The molecular weight excluding hydrogens is 208 g/mol. The minimum Gasteiger partial charge on any atom is -0.364 e. The van der Waals surface area contributed by atoms with Crippen molar-refractivity contribution < 1.29 is 0 Å². The first-order chi connectivity index (χ1) is 8.25. The van der Waals surface area contributed by atoms with Crippen LogP contribution < -0.4 is 5.32 Å². The number of benzene rings is 1. The van der Waals surface area contributed by atoms with Gasteiger partial charge < -0.3 is 10.3 Å². The molecule has 1 heterocycles. The Morgan fingerprint density at radius 1 is 1.06 bits per heavy atom. The number of aromatic amines is 1. The molecule has 0 aliphatic carbocycles. The Kier molecular flexibility index (Phi) is 3.99. The van der Waals surface area contributed by atoms with Gasteiger partial charge in [-0.25, -0.2) is 0 Å². The average molecular weight is 228 g/mol. The van der Waals surface area contributed by atoms with Gasteiger partial charge in [-0.2, -0.15) is 0 Å². The van der Waals surface area contributed by atoms with Gasteiger partial charge in [-0.1, -0.05) is 38.1 Å². The van der Waals surface area contributed by atoms with E-state index in [0.717, 1.165) is 13.1 Å². The van der Waals surface area contributed by atoms with Gasteiger partial charge in [0.1, 0.15) is 0 Å². The van der Waals surface area contributed by atoms with Gasteiger partial charge in [-0.3, -0.25) is 0 Å². The lowest BCUT2D eigenvalue weighted by Crippen LogP contribution is -2.12. The van der Waals surface area contributed by atoms with Crippen molar-refractivity contribution in [2.75, 3.05) is 0 Å². The molecule has 0 unspecified atom stereocenters. The first-order valence-electron chi connectivity index (χ1n) is 6.17. The molecule has 2 heteroatoms. The number of rotatable bonds is 5. The van der Waals surface area contributed by atoms with E-state index >= 15 is 0 Å². The molecule has 0 radical (unpaired) electrons. The Morgan fingerprint density at radius 3 is 2.41 bits per heavy atom. The quantitative estimate of drug-likeness (QED) is 0.806. The lowest BCUT2D eigenvalue weighted by Gasteiger charge is -2.07. The van der Waals surface area contributed by atoms with Gasteiger partial charge in [-0.05, 0) is 29.2 Å². The second-order valence-electron chi connectivity index (χ2n) is 4.70. The van der Waals surface area contributed by atoms with Crippen LogP contribution in [-0.4, -0.2) is 4.98 Å². The van der Waals surface area contributed by atoms with Gasteiger partial charge in [-0.15, -0.1) is 0 Å². The third-order valence-corrected chi connectivity index (χ3v) is 2.95. The maximum absolute atomic E-state index is 3.42. The standard InChI is InChI=1S/C15H20N2/c1-12(2)14-7-5-13(6-8-14)10-16-11-15-4-3-9-17-15/h3-9,12,16-17H,10-11H2,1-2H3. The Hall–Kier alpha value is -1.54. The van der Waals surface area contributed by atoms with Gasteiger partial charge in [0, 0.05) is 25.0 Å². The highest BCUT2D eigenvalue weighted by Gasteiger charge is 1.99. The van der Waals surface area contributed by atoms with Crippen molar-refractivity contribution in [1.29, 1.82) is 0 Å². The maximum Gasteiger partial charge on any atom is 0.0360 e. The molecule has 0 aliphatic heterocycles. The molecule has 0 saturated carbocycles. The summed E-state index contributed by atoms with van der Waals surface area (Å²) in [6, 6.07) is 13.0. The van der Waals surface area contributed by atoms with Crippen LogP contribution in [0.5, 0.6) is 0 Å². The van der Waals surface area contributed by atoms with Gasteiger partial charge in [0.15, 0.2) is 0 Å². The Balaban J connectivity index is 1.83. The molecule has 2 rings (SSSR count). The van der Waals surface area contributed by atoms with E-state index in [0.29, 0.717) is 5.92 Å². The zero-order valence-corrected chi connectivity index (χ0v) is 10.5. The van der Waals surface area contributed by atoms with Gasteiger partial charge in [0.25, 0.3) is 0 Å². The fourth-order valence-electron chi connectivity index (χ4n) is 1.84. The fourth-order valence-corrected chi connectivity index (χ4v) is 1.84. The van der Waals surface area contributed by atoms with E-state index < -0.39 is 0 Å². The summed E-state index contributed by atoms with van der Waals surface area (Å²) >= 11 is 0. The lowest BCUT2D eigenvalue weighted by molar-refractivity contribution is 0.682.